The SMILES string of the molecule is Cc1ccc(CC(O)c2cnc(C)cn2)cc1. The zero-order chi connectivity index (χ0) is 12.3. The van der Waals surface area contributed by atoms with E-state index < -0.39 is 6.10 Å². The smallest absolute Gasteiger partial charge is 0.102 e. The minimum atomic E-state index is -0.592. The molecule has 17 heavy (non-hydrogen) atoms. The molecule has 0 aliphatic carbocycles. The standard InChI is InChI=1S/C14H16N2O/c1-10-3-5-12(6-4-10)7-14(17)13-9-15-11(2)8-16-13/h3-6,8-9,14,17H,7H2,1-2H3. The van der Waals surface area contributed by atoms with Crippen LogP contribution < -0.4 is 0 Å². The van der Waals surface area contributed by atoms with Crippen molar-refractivity contribution in [2.75, 3.05) is 0 Å². The van der Waals surface area contributed by atoms with Crippen LogP contribution in [0.3, 0.4) is 0 Å². The summed E-state index contributed by atoms with van der Waals surface area (Å²) in [6.07, 6.45) is 3.28. The first-order chi connectivity index (χ1) is 8.15. The molecule has 1 unspecified atom stereocenters. The van der Waals surface area contributed by atoms with Crippen molar-refractivity contribution in [3.05, 3.63) is 59.2 Å². The topological polar surface area (TPSA) is 46.0 Å². The molecule has 0 aliphatic heterocycles. The van der Waals surface area contributed by atoms with E-state index in [0.29, 0.717) is 12.1 Å². The average molecular weight is 228 g/mol. The average Bonchev–Trinajstić information content (AvgIpc) is 2.33. The van der Waals surface area contributed by atoms with Crippen LogP contribution in [0, 0.1) is 13.8 Å². The molecule has 3 nitrogen and oxygen atoms in total. The Kier molecular flexibility index (Phi) is 3.49. The first-order valence-corrected chi connectivity index (χ1v) is 5.67. The Balaban J connectivity index is 2.08. The molecule has 1 aromatic carbocycles. The third-order valence-electron chi connectivity index (χ3n) is 2.69. The van der Waals surface area contributed by atoms with Crippen LogP contribution in [0.5, 0.6) is 0 Å². The van der Waals surface area contributed by atoms with Gasteiger partial charge in [0.15, 0.2) is 0 Å². The van der Waals surface area contributed by atoms with Crippen molar-refractivity contribution in [3.8, 4) is 0 Å². The predicted octanol–water partition coefficient (Wildman–Crippen LogP) is 2.37. The zero-order valence-corrected chi connectivity index (χ0v) is 10.1. The van der Waals surface area contributed by atoms with E-state index in [4.69, 9.17) is 0 Å². The summed E-state index contributed by atoms with van der Waals surface area (Å²) >= 11 is 0. The fourth-order valence-electron chi connectivity index (χ4n) is 1.63. The van der Waals surface area contributed by atoms with Crippen molar-refractivity contribution < 1.29 is 5.11 Å². The van der Waals surface area contributed by atoms with Crippen LogP contribution >= 0.6 is 0 Å². The molecule has 0 aliphatic rings. The van der Waals surface area contributed by atoms with Gasteiger partial charge in [0.25, 0.3) is 0 Å². The molecule has 0 bridgehead atoms. The van der Waals surface area contributed by atoms with E-state index in [9.17, 15) is 5.11 Å². The van der Waals surface area contributed by atoms with E-state index >= 15 is 0 Å². The van der Waals surface area contributed by atoms with Crippen molar-refractivity contribution in [3.63, 3.8) is 0 Å². The normalized spacial score (nSPS) is 12.4. The molecule has 1 atom stereocenters. The largest absolute Gasteiger partial charge is 0.386 e. The van der Waals surface area contributed by atoms with E-state index in [0.717, 1.165) is 11.3 Å². The lowest BCUT2D eigenvalue weighted by Crippen LogP contribution is -2.05. The highest BCUT2D eigenvalue weighted by atomic mass is 16.3. The molecule has 2 aromatic rings. The fourth-order valence-corrected chi connectivity index (χ4v) is 1.63. The molecule has 1 aromatic heterocycles. The first-order valence-electron chi connectivity index (χ1n) is 5.67. The van der Waals surface area contributed by atoms with Gasteiger partial charge >= 0.3 is 0 Å². The van der Waals surface area contributed by atoms with Gasteiger partial charge in [0.05, 0.1) is 17.6 Å². The Morgan fingerprint density at radius 3 is 2.35 bits per heavy atom. The minimum absolute atomic E-state index is 0.567. The zero-order valence-electron chi connectivity index (χ0n) is 10.1. The monoisotopic (exact) mass is 228 g/mol. The Labute approximate surface area is 101 Å². The van der Waals surface area contributed by atoms with Gasteiger partial charge in [-0.05, 0) is 19.4 Å². The summed E-state index contributed by atoms with van der Waals surface area (Å²) < 4.78 is 0. The van der Waals surface area contributed by atoms with Crippen molar-refractivity contribution in [2.45, 2.75) is 26.4 Å². The molecule has 3 heteroatoms. The number of benzene rings is 1. The number of nitrogens with zero attached hydrogens (tertiary/aromatic N) is 2. The highest BCUT2D eigenvalue weighted by Crippen LogP contribution is 2.16. The van der Waals surface area contributed by atoms with Gasteiger partial charge in [-0.25, -0.2) is 0 Å². The quantitative estimate of drug-likeness (QED) is 0.877. The molecule has 0 amide bonds. The van der Waals surface area contributed by atoms with Gasteiger partial charge < -0.3 is 5.11 Å². The van der Waals surface area contributed by atoms with Crippen molar-refractivity contribution in [1.29, 1.82) is 0 Å². The van der Waals surface area contributed by atoms with Gasteiger partial charge in [0.1, 0.15) is 6.10 Å². The number of hydrogen-bond acceptors (Lipinski definition) is 3. The number of aryl methyl sites for hydroxylation is 2. The first kappa shape index (κ1) is 11.7. The third kappa shape index (κ3) is 3.11. The van der Waals surface area contributed by atoms with Crippen LogP contribution in [-0.2, 0) is 6.42 Å². The Bertz CT molecular complexity index is 477. The van der Waals surface area contributed by atoms with Crippen molar-refractivity contribution >= 4 is 0 Å². The number of hydrogen-bond donors (Lipinski definition) is 1. The van der Waals surface area contributed by atoms with Gasteiger partial charge in [-0.3, -0.25) is 9.97 Å². The maximum Gasteiger partial charge on any atom is 0.102 e. The van der Waals surface area contributed by atoms with Crippen LogP contribution in [0.25, 0.3) is 0 Å². The fraction of sp³-hybridized carbons (Fsp3) is 0.286. The molecule has 0 fully saturated rings. The molecule has 2 rings (SSSR count). The highest BCUT2D eigenvalue weighted by molar-refractivity contribution is 5.22. The second-order valence-corrected chi connectivity index (χ2v) is 4.29. The molecule has 0 radical (unpaired) electrons. The second kappa shape index (κ2) is 5.06. The van der Waals surface area contributed by atoms with Crippen molar-refractivity contribution in [1.82, 2.24) is 9.97 Å². The molecule has 1 heterocycles. The van der Waals surface area contributed by atoms with Crippen LogP contribution in [0.4, 0.5) is 0 Å². The van der Waals surface area contributed by atoms with Gasteiger partial charge in [-0.15, -0.1) is 0 Å². The lowest BCUT2D eigenvalue weighted by molar-refractivity contribution is 0.173. The van der Waals surface area contributed by atoms with Crippen molar-refractivity contribution in [2.24, 2.45) is 0 Å². The van der Waals surface area contributed by atoms with Gasteiger partial charge in [0, 0.05) is 12.6 Å². The predicted molar refractivity (Wildman–Crippen MR) is 66.6 cm³/mol. The van der Waals surface area contributed by atoms with E-state index in [1.54, 1.807) is 12.4 Å². The summed E-state index contributed by atoms with van der Waals surface area (Å²) in [7, 11) is 0. The number of aliphatic hydroxyl groups is 1. The molecular weight excluding hydrogens is 212 g/mol. The summed E-state index contributed by atoms with van der Waals surface area (Å²) in [6, 6.07) is 8.14. The molecule has 1 N–H and O–H groups in total. The van der Waals surface area contributed by atoms with Crippen LogP contribution in [-0.4, -0.2) is 15.1 Å². The molecular formula is C14H16N2O. The van der Waals surface area contributed by atoms with E-state index in [2.05, 4.69) is 9.97 Å². The summed E-state index contributed by atoms with van der Waals surface area (Å²) in [4.78, 5) is 8.31. The van der Waals surface area contributed by atoms with Gasteiger partial charge in [-0.1, -0.05) is 29.8 Å². The molecule has 88 valence electrons. The summed E-state index contributed by atoms with van der Waals surface area (Å²) in [6.45, 7) is 3.93. The Morgan fingerprint density at radius 2 is 1.76 bits per heavy atom. The van der Waals surface area contributed by atoms with Gasteiger partial charge in [0.2, 0.25) is 0 Å². The molecule has 0 saturated heterocycles. The maximum absolute atomic E-state index is 10.0. The number of aliphatic hydroxyl groups excluding tert-OH is 1. The summed E-state index contributed by atoms with van der Waals surface area (Å²) in [5, 5.41) is 10.0. The molecule has 0 spiro atoms. The van der Waals surface area contributed by atoms with Gasteiger partial charge in [-0.2, -0.15) is 0 Å². The molecule has 0 saturated carbocycles. The maximum atomic E-state index is 10.0. The van der Waals surface area contributed by atoms with Crippen LogP contribution in [0.1, 0.15) is 28.6 Å². The van der Waals surface area contributed by atoms with E-state index in [-0.39, 0.29) is 0 Å². The third-order valence-corrected chi connectivity index (χ3v) is 2.69. The van der Waals surface area contributed by atoms with E-state index in [1.165, 1.54) is 5.56 Å². The number of aromatic nitrogens is 2. The summed E-state index contributed by atoms with van der Waals surface area (Å²) in [5.41, 5.74) is 3.80. The van der Waals surface area contributed by atoms with Crippen LogP contribution in [0.2, 0.25) is 0 Å². The van der Waals surface area contributed by atoms with E-state index in [1.807, 2.05) is 38.1 Å². The highest BCUT2D eigenvalue weighted by Gasteiger charge is 2.10. The lowest BCUT2D eigenvalue weighted by atomic mass is 10.0. The lowest BCUT2D eigenvalue weighted by Gasteiger charge is -2.10. The summed E-state index contributed by atoms with van der Waals surface area (Å²) in [5.74, 6) is 0. The second-order valence-electron chi connectivity index (χ2n) is 4.29. The number of rotatable bonds is 3. The Morgan fingerprint density at radius 1 is 1.06 bits per heavy atom. The van der Waals surface area contributed by atoms with Crippen LogP contribution in [0.15, 0.2) is 36.7 Å². The Hall–Kier alpha value is -1.74. The minimum Gasteiger partial charge on any atom is -0.386 e.